The zero-order valence-electron chi connectivity index (χ0n) is 18.2. The molecule has 8 nitrogen and oxygen atoms in total. The van der Waals surface area contributed by atoms with Crippen LogP contribution in [-0.2, 0) is 11.3 Å². The third-order valence-electron chi connectivity index (χ3n) is 5.11. The molecule has 2 heterocycles. The monoisotopic (exact) mass is 425 g/mol. The first kappa shape index (κ1) is 22.2. The largest absolute Gasteiger partial charge is 0.490 e. The van der Waals surface area contributed by atoms with Crippen molar-refractivity contribution in [1.82, 2.24) is 4.57 Å². The molecule has 0 spiro atoms. The van der Waals surface area contributed by atoms with E-state index in [0.29, 0.717) is 54.7 Å². The van der Waals surface area contributed by atoms with Crippen molar-refractivity contribution < 1.29 is 18.9 Å². The second-order valence-corrected chi connectivity index (χ2v) is 7.01. The Bertz CT molecular complexity index is 1100. The van der Waals surface area contributed by atoms with Gasteiger partial charge in [0, 0.05) is 25.4 Å². The van der Waals surface area contributed by atoms with E-state index in [-0.39, 0.29) is 17.0 Å². The molecule has 1 aliphatic heterocycles. The highest BCUT2D eigenvalue weighted by atomic mass is 16.5. The van der Waals surface area contributed by atoms with Crippen molar-refractivity contribution in [2.45, 2.75) is 33.2 Å². The first-order chi connectivity index (χ1) is 15.0. The highest BCUT2D eigenvalue weighted by Gasteiger charge is 2.34. The maximum absolute atomic E-state index is 13.5. The molecule has 0 saturated carbocycles. The van der Waals surface area contributed by atoms with Gasteiger partial charge in [0.2, 0.25) is 5.88 Å². The van der Waals surface area contributed by atoms with Crippen molar-refractivity contribution in [3.63, 3.8) is 0 Å². The summed E-state index contributed by atoms with van der Waals surface area (Å²) in [5.41, 5.74) is 7.78. The minimum Gasteiger partial charge on any atom is -0.490 e. The Morgan fingerprint density at radius 3 is 2.55 bits per heavy atom. The van der Waals surface area contributed by atoms with Crippen LogP contribution >= 0.6 is 0 Å². The lowest BCUT2D eigenvalue weighted by atomic mass is 9.84. The minimum absolute atomic E-state index is 0.0136. The average Bonchev–Trinajstić information content (AvgIpc) is 2.74. The van der Waals surface area contributed by atoms with Gasteiger partial charge in [-0.1, -0.05) is 6.07 Å². The highest BCUT2D eigenvalue weighted by molar-refractivity contribution is 5.57. The minimum atomic E-state index is -0.689. The van der Waals surface area contributed by atoms with Gasteiger partial charge in [0.15, 0.2) is 11.5 Å². The number of nitrogens with two attached hydrogens (primary N) is 1. The van der Waals surface area contributed by atoms with Crippen molar-refractivity contribution in [1.29, 1.82) is 5.26 Å². The molecule has 0 aliphatic carbocycles. The van der Waals surface area contributed by atoms with Crippen LogP contribution in [0.15, 0.2) is 40.5 Å². The van der Waals surface area contributed by atoms with E-state index >= 15 is 0 Å². The van der Waals surface area contributed by atoms with Gasteiger partial charge in [-0.2, -0.15) is 5.26 Å². The number of rotatable bonds is 8. The number of ether oxygens (including phenoxy) is 4. The summed E-state index contributed by atoms with van der Waals surface area (Å²) in [6, 6.07) is 9.27. The normalized spacial score (nSPS) is 15.1. The molecule has 1 aliphatic rings. The molecule has 1 atom stereocenters. The van der Waals surface area contributed by atoms with Gasteiger partial charge >= 0.3 is 0 Å². The lowest BCUT2D eigenvalue weighted by Gasteiger charge is -2.27. The molecule has 0 unspecified atom stereocenters. The summed E-state index contributed by atoms with van der Waals surface area (Å²) >= 11 is 0. The van der Waals surface area contributed by atoms with Gasteiger partial charge in [-0.25, -0.2) is 0 Å². The first-order valence-electron chi connectivity index (χ1n) is 10.2. The fourth-order valence-corrected chi connectivity index (χ4v) is 3.73. The van der Waals surface area contributed by atoms with Crippen molar-refractivity contribution in [2.24, 2.45) is 5.73 Å². The number of aryl methyl sites for hydroxylation is 1. The van der Waals surface area contributed by atoms with Gasteiger partial charge in [-0.05, 0) is 38.5 Å². The van der Waals surface area contributed by atoms with E-state index in [9.17, 15) is 10.1 Å². The molecular weight excluding hydrogens is 398 g/mol. The molecule has 31 heavy (non-hydrogen) atoms. The SMILES string of the molecule is CCOc1ccc([C@@H]2C(C#N)=C(N)Oc3cc(C)n(CCOC)c(=O)c32)cc1OCC. The van der Waals surface area contributed by atoms with Crippen molar-refractivity contribution in [3.05, 3.63) is 62.9 Å². The summed E-state index contributed by atoms with van der Waals surface area (Å²) in [5, 5.41) is 9.83. The van der Waals surface area contributed by atoms with E-state index in [4.69, 9.17) is 24.7 Å². The van der Waals surface area contributed by atoms with Crippen LogP contribution in [0.25, 0.3) is 0 Å². The number of allylic oxidation sites excluding steroid dienone is 1. The number of fused-ring (bicyclic) bond motifs is 1. The van der Waals surface area contributed by atoms with Crippen molar-refractivity contribution in [2.75, 3.05) is 26.9 Å². The molecule has 0 fully saturated rings. The van der Waals surface area contributed by atoms with E-state index in [1.165, 1.54) is 0 Å². The Labute approximate surface area is 181 Å². The summed E-state index contributed by atoms with van der Waals surface area (Å²) in [6.07, 6.45) is 0. The smallest absolute Gasteiger partial charge is 0.258 e. The van der Waals surface area contributed by atoms with E-state index in [1.54, 1.807) is 29.9 Å². The van der Waals surface area contributed by atoms with Crippen LogP contribution in [0.4, 0.5) is 0 Å². The number of hydrogen-bond acceptors (Lipinski definition) is 7. The average molecular weight is 425 g/mol. The van der Waals surface area contributed by atoms with Crippen LogP contribution in [0, 0.1) is 18.3 Å². The standard InChI is InChI=1S/C23H27N3O5/c1-5-29-17-8-7-15(12-18(17)30-6-2)20-16(13-24)22(25)31-19-11-14(3)26(9-10-28-4)23(27)21(19)20/h7-8,11-12,20H,5-6,9-10,25H2,1-4H3/t20-/m1/s1. The molecule has 0 saturated heterocycles. The van der Waals surface area contributed by atoms with Crippen LogP contribution in [0.5, 0.6) is 17.2 Å². The lowest BCUT2D eigenvalue weighted by Crippen LogP contribution is -2.33. The Morgan fingerprint density at radius 2 is 1.90 bits per heavy atom. The maximum atomic E-state index is 13.5. The molecule has 3 rings (SSSR count). The Balaban J connectivity index is 2.24. The molecule has 2 N–H and O–H groups in total. The molecular formula is C23H27N3O5. The molecule has 8 heteroatoms. The van der Waals surface area contributed by atoms with Crippen LogP contribution in [0.3, 0.4) is 0 Å². The second kappa shape index (κ2) is 9.58. The maximum Gasteiger partial charge on any atom is 0.258 e. The van der Waals surface area contributed by atoms with Gasteiger partial charge in [0.1, 0.15) is 17.4 Å². The van der Waals surface area contributed by atoms with Crippen LogP contribution < -0.4 is 25.5 Å². The van der Waals surface area contributed by atoms with Crippen LogP contribution in [0.1, 0.15) is 36.6 Å². The zero-order valence-corrected chi connectivity index (χ0v) is 18.2. The lowest BCUT2D eigenvalue weighted by molar-refractivity contribution is 0.185. The number of aromatic nitrogens is 1. The molecule has 0 radical (unpaired) electrons. The fraction of sp³-hybridized carbons (Fsp3) is 0.391. The number of hydrogen-bond donors (Lipinski definition) is 1. The Kier molecular flexibility index (Phi) is 6.88. The predicted octanol–water partition coefficient (Wildman–Crippen LogP) is 2.82. The van der Waals surface area contributed by atoms with E-state index in [0.717, 1.165) is 5.69 Å². The van der Waals surface area contributed by atoms with Crippen molar-refractivity contribution in [3.8, 4) is 23.3 Å². The van der Waals surface area contributed by atoms with E-state index in [1.807, 2.05) is 26.8 Å². The summed E-state index contributed by atoms with van der Waals surface area (Å²) in [4.78, 5) is 13.5. The molecule has 0 bridgehead atoms. The van der Waals surface area contributed by atoms with Crippen LogP contribution in [0.2, 0.25) is 0 Å². The third kappa shape index (κ3) is 4.23. The summed E-state index contributed by atoms with van der Waals surface area (Å²) in [6.45, 7) is 7.28. The number of benzene rings is 1. The summed E-state index contributed by atoms with van der Waals surface area (Å²) in [7, 11) is 1.58. The van der Waals surface area contributed by atoms with Gasteiger partial charge in [0.25, 0.3) is 5.56 Å². The van der Waals surface area contributed by atoms with Crippen LogP contribution in [-0.4, -0.2) is 31.5 Å². The third-order valence-corrected chi connectivity index (χ3v) is 5.11. The van der Waals surface area contributed by atoms with Gasteiger partial charge in [-0.15, -0.1) is 0 Å². The first-order valence-corrected chi connectivity index (χ1v) is 10.2. The van der Waals surface area contributed by atoms with Gasteiger partial charge in [0.05, 0.1) is 31.3 Å². The Morgan fingerprint density at radius 1 is 1.19 bits per heavy atom. The Hall–Kier alpha value is -3.44. The van der Waals surface area contributed by atoms with Crippen molar-refractivity contribution >= 4 is 0 Å². The highest BCUT2D eigenvalue weighted by Crippen LogP contribution is 2.42. The predicted molar refractivity (Wildman–Crippen MR) is 115 cm³/mol. The number of pyridine rings is 1. The van der Waals surface area contributed by atoms with Gasteiger partial charge < -0.3 is 29.2 Å². The number of methoxy groups -OCH3 is 1. The summed E-state index contributed by atoms with van der Waals surface area (Å²) in [5.74, 6) is 0.783. The second-order valence-electron chi connectivity index (χ2n) is 7.01. The number of nitriles is 1. The molecule has 164 valence electrons. The molecule has 0 amide bonds. The zero-order chi connectivity index (χ0) is 22.5. The molecule has 1 aromatic carbocycles. The molecule has 1 aromatic heterocycles. The van der Waals surface area contributed by atoms with E-state index in [2.05, 4.69) is 6.07 Å². The molecule has 2 aromatic rings. The van der Waals surface area contributed by atoms with E-state index < -0.39 is 5.92 Å². The topological polar surface area (TPSA) is 109 Å². The fourth-order valence-electron chi connectivity index (χ4n) is 3.73. The van der Waals surface area contributed by atoms with Gasteiger partial charge in [-0.3, -0.25) is 4.79 Å². The summed E-state index contributed by atoms with van der Waals surface area (Å²) < 4.78 is 23.8. The number of nitrogens with zero attached hydrogens (tertiary/aromatic N) is 2. The quantitative estimate of drug-likeness (QED) is 0.693.